The van der Waals surface area contributed by atoms with Gasteiger partial charge in [0.15, 0.2) is 0 Å². The van der Waals surface area contributed by atoms with Crippen molar-refractivity contribution in [2.75, 3.05) is 0 Å². The van der Waals surface area contributed by atoms with E-state index in [4.69, 9.17) is 11.6 Å². The number of hydrogen-bond acceptors (Lipinski definition) is 3. The van der Waals surface area contributed by atoms with Gasteiger partial charge >= 0.3 is 0 Å². The first-order valence-electron chi connectivity index (χ1n) is 5.48. The lowest BCUT2D eigenvalue weighted by molar-refractivity contribution is 0.573. The maximum atomic E-state index is 5.96. The zero-order valence-corrected chi connectivity index (χ0v) is 10.4. The van der Waals surface area contributed by atoms with Gasteiger partial charge in [-0.15, -0.1) is 0 Å². The van der Waals surface area contributed by atoms with Crippen molar-refractivity contribution in [1.82, 2.24) is 15.3 Å². The fourth-order valence-electron chi connectivity index (χ4n) is 1.59. The summed E-state index contributed by atoms with van der Waals surface area (Å²) in [5.74, 6) is 0. The van der Waals surface area contributed by atoms with E-state index in [1.807, 2.05) is 30.6 Å². The van der Waals surface area contributed by atoms with Gasteiger partial charge in [-0.25, -0.2) is 9.97 Å². The molecule has 1 aromatic heterocycles. The molecule has 0 bridgehead atoms. The lowest BCUT2D eigenvalue weighted by Gasteiger charge is -2.14. The molecule has 0 fully saturated rings. The lowest BCUT2D eigenvalue weighted by Crippen LogP contribution is -2.18. The molecule has 2 aromatic rings. The molecule has 0 aliphatic rings. The molecule has 0 spiro atoms. The summed E-state index contributed by atoms with van der Waals surface area (Å²) in [6, 6.07) is 8.12. The molecule has 0 radical (unpaired) electrons. The van der Waals surface area contributed by atoms with E-state index in [0.29, 0.717) is 0 Å². The standard InChI is InChI=1S/C13H14ClN3/c1-10(12-3-2-4-13(14)5-12)17-8-11-6-15-9-16-7-11/h2-7,9-10,17H,8H2,1H3. The van der Waals surface area contributed by atoms with Gasteiger partial charge in [0, 0.05) is 35.6 Å². The predicted molar refractivity (Wildman–Crippen MR) is 68.7 cm³/mol. The average Bonchev–Trinajstić information content (AvgIpc) is 2.37. The summed E-state index contributed by atoms with van der Waals surface area (Å²) in [6.45, 7) is 2.85. The number of aromatic nitrogens is 2. The third-order valence-electron chi connectivity index (χ3n) is 2.58. The van der Waals surface area contributed by atoms with Crippen LogP contribution in [0.5, 0.6) is 0 Å². The normalized spacial score (nSPS) is 12.4. The first-order chi connectivity index (χ1) is 8.25. The first-order valence-corrected chi connectivity index (χ1v) is 5.86. The highest BCUT2D eigenvalue weighted by molar-refractivity contribution is 6.30. The van der Waals surface area contributed by atoms with Crippen LogP contribution in [0, 0.1) is 0 Å². The second-order valence-corrected chi connectivity index (χ2v) is 4.34. The highest BCUT2D eigenvalue weighted by Gasteiger charge is 2.05. The number of rotatable bonds is 4. The van der Waals surface area contributed by atoms with Crippen LogP contribution >= 0.6 is 11.6 Å². The highest BCUT2D eigenvalue weighted by Crippen LogP contribution is 2.17. The second-order valence-electron chi connectivity index (χ2n) is 3.90. The Labute approximate surface area is 106 Å². The van der Waals surface area contributed by atoms with Crippen LogP contribution in [0.4, 0.5) is 0 Å². The predicted octanol–water partition coefficient (Wildman–Crippen LogP) is 2.98. The molecule has 17 heavy (non-hydrogen) atoms. The molecule has 88 valence electrons. The van der Waals surface area contributed by atoms with E-state index in [2.05, 4.69) is 28.3 Å². The summed E-state index contributed by atoms with van der Waals surface area (Å²) >= 11 is 5.96. The van der Waals surface area contributed by atoms with E-state index in [1.54, 1.807) is 0 Å². The average molecular weight is 248 g/mol. The van der Waals surface area contributed by atoms with Gasteiger partial charge in [0.1, 0.15) is 6.33 Å². The minimum atomic E-state index is 0.244. The van der Waals surface area contributed by atoms with Crippen molar-refractivity contribution in [3.8, 4) is 0 Å². The maximum absolute atomic E-state index is 5.96. The van der Waals surface area contributed by atoms with E-state index in [0.717, 1.165) is 17.1 Å². The Morgan fingerprint density at radius 1 is 1.29 bits per heavy atom. The molecule has 0 aliphatic heterocycles. The molecule has 1 heterocycles. The first kappa shape index (κ1) is 12.0. The lowest BCUT2D eigenvalue weighted by atomic mass is 10.1. The molecule has 0 aliphatic carbocycles. The quantitative estimate of drug-likeness (QED) is 0.903. The van der Waals surface area contributed by atoms with Crippen molar-refractivity contribution < 1.29 is 0 Å². The molecule has 1 atom stereocenters. The monoisotopic (exact) mass is 247 g/mol. The highest BCUT2D eigenvalue weighted by atomic mass is 35.5. The zero-order chi connectivity index (χ0) is 12.1. The minimum absolute atomic E-state index is 0.244. The van der Waals surface area contributed by atoms with Gasteiger partial charge in [-0.2, -0.15) is 0 Å². The van der Waals surface area contributed by atoms with Crippen molar-refractivity contribution >= 4 is 11.6 Å². The molecule has 1 aromatic carbocycles. The summed E-state index contributed by atoms with van der Waals surface area (Å²) in [7, 11) is 0. The molecular formula is C13H14ClN3. The van der Waals surface area contributed by atoms with Crippen LogP contribution in [0.25, 0.3) is 0 Å². The van der Waals surface area contributed by atoms with Gasteiger partial charge in [-0.05, 0) is 24.6 Å². The van der Waals surface area contributed by atoms with Crippen molar-refractivity contribution in [3.05, 3.63) is 59.1 Å². The Hall–Kier alpha value is -1.45. The maximum Gasteiger partial charge on any atom is 0.115 e. The summed E-state index contributed by atoms with van der Waals surface area (Å²) in [5, 5.41) is 4.17. The van der Waals surface area contributed by atoms with Crippen LogP contribution in [-0.4, -0.2) is 9.97 Å². The molecule has 4 heteroatoms. The molecule has 1 N–H and O–H groups in total. The van der Waals surface area contributed by atoms with Crippen LogP contribution in [0.2, 0.25) is 5.02 Å². The molecule has 0 saturated carbocycles. The van der Waals surface area contributed by atoms with Crippen LogP contribution in [-0.2, 0) is 6.54 Å². The number of halogens is 1. The fraction of sp³-hybridized carbons (Fsp3) is 0.231. The molecule has 0 saturated heterocycles. The Morgan fingerprint density at radius 2 is 2.06 bits per heavy atom. The van der Waals surface area contributed by atoms with Crippen LogP contribution in [0.1, 0.15) is 24.1 Å². The topological polar surface area (TPSA) is 37.8 Å². The molecule has 1 unspecified atom stereocenters. The van der Waals surface area contributed by atoms with E-state index < -0.39 is 0 Å². The van der Waals surface area contributed by atoms with E-state index in [9.17, 15) is 0 Å². The van der Waals surface area contributed by atoms with Crippen LogP contribution in [0.15, 0.2) is 43.0 Å². The van der Waals surface area contributed by atoms with Gasteiger partial charge in [0.2, 0.25) is 0 Å². The Morgan fingerprint density at radius 3 is 2.76 bits per heavy atom. The van der Waals surface area contributed by atoms with Gasteiger partial charge < -0.3 is 5.32 Å². The van der Waals surface area contributed by atoms with Gasteiger partial charge in [-0.1, -0.05) is 23.7 Å². The van der Waals surface area contributed by atoms with Gasteiger partial charge in [-0.3, -0.25) is 0 Å². The van der Waals surface area contributed by atoms with Crippen molar-refractivity contribution in [2.45, 2.75) is 19.5 Å². The van der Waals surface area contributed by atoms with Crippen LogP contribution in [0.3, 0.4) is 0 Å². The summed E-state index contributed by atoms with van der Waals surface area (Å²) in [4.78, 5) is 7.95. The van der Waals surface area contributed by atoms with Crippen molar-refractivity contribution in [2.24, 2.45) is 0 Å². The largest absolute Gasteiger partial charge is 0.306 e. The van der Waals surface area contributed by atoms with Crippen LogP contribution < -0.4 is 5.32 Å². The Balaban J connectivity index is 1.96. The summed E-state index contributed by atoms with van der Waals surface area (Å²) < 4.78 is 0. The Kier molecular flexibility index (Phi) is 4.07. The Bertz CT molecular complexity index is 473. The molecule has 3 nitrogen and oxygen atoms in total. The van der Waals surface area contributed by atoms with Gasteiger partial charge in [0.25, 0.3) is 0 Å². The zero-order valence-electron chi connectivity index (χ0n) is 9.60. The van der Waals surface area contributed by atoms with Crippen molar-refractivity contribution in [3.63, 3.8) is 0 Å². The summed E-state index contributed by atoms with van der Waals surface area (Å²) in [5.41, 5.74) is 2.25. The number of nitrogens with one attached hydrogen (secondary N) is 1. The minimum Gasteiger partial charge on any atom is -0.306 e. The number of benzene rings is 1. The SMILES string of the molecule is CC(NCc1cncnc1)c1cccc(Cl)c1. The van der Waals surface area contributed by atoms with E-state index >= 15 is 0 Å². The van der Waals surface area contributed by atoms with Gasteiger partial charge in [0.05, 0.1) is 0 Å². The fourth-order valence-corrected chi connectivity index (χ4v) is 1.78. The number of nitrogens with zero attached hydrogens (tertiary/aromatic N) is 2. The third-order valence-corrected chi connectivity index (χ3v) is 2.81. The second kappa shape index (κ2) is 5.75. The van der Waals surface area contributed by atoms with E-state index in [1.165, 1.54) is 11.9 Å². The summed E-state index contributed by atoms with van der Waals surface area (Å²) in [6.07, 6.45) is 5.15. The molecular weight excluding hydrogens is 234 g/mol. The smallest absolute Gasteiger partial charge is 0.115 e. The molecule has 2 rings (SSSR count). The molecule has 0 amide bonds. The van der Waals surface area contributed by atoms with Crippen molar-refractivity contribution in [1.29, 1.82) is 0 Å². The number of hydrogen-bond donors (Lipinski definition) is 1. The third kappa shape index (κ3) is 3.51. The van der Waals surface area contributed by atoms with E-state index in [-0.39, 0.29) is 6.04 Å².